The highest BCUT2D eigenvalue weighted by Crippen LogP contribution is 2.26. The summed E-state index contributed by atoms with van der Waals surface area (Å²) >= 11 is 0. The lowest BCUT2D eigenvalue weighted by molar-refractivity contribution is -0.120. The molecule has 68 valence electrons. The van der Waals surface area contributed by atoms with Crippen LogP contribution in [-0.2, 0) is 4.79 Å². The maximum atomic E-state index is 11.2. The van der Waals surface area contributed by atoms with Gasteiger partial charge in [-0.1, -0.05) is 30.3 Å². The monoisotopic (exact) mass is 184 g/mol. The summed E-state index contributed by atoms with van der Waals surface area (Å²) in [7, 11) is 0. The maximum Gasteiger partial charge on any atom is 0.245 e. The third-order valence-electron chi connectivity index (χ3n) is 2.18. The van der Waals surface area contributed by atoms with Crippen LogP contribution in [0.3, 0.4) is 0 Å². The molecule has 14 heavy (non-hydrogen) atoms. The van der Waals surface area contributed by atoms with Crippen LogP contribution in [-0.4, -0.2) is 5.91 Å². The molecule has 3 nitrogen and oxygen atoms in total. The predicted octanol–water partition coefficient (Wildman–Crippen LogP) is 1.30. The Morgan fingerprint density at radius 2 is 2.00 bits per heavy atom. The third kappa shape index (κ3) is 1.27. The number of rotatable bonds is 1. The molecule has 1 aromatic carbocycles. The maximum absolute atomic E-state index is 11.2. The molecule has 0 saturated heterocycles. The number of hydrogen-bond acceptors (Lipinski definition) is 2. The van der Waals surface area contributed by atoms with E-state index in [9.17, 15) is 4.79 Å². The Bertz CT molecular complexity index is 428. The SMILES string of the molecule is N#CC1C(=O)NC=C1c1ccccc1. The highest BCUT2D eigenvalue weighted by molar-refractivity contribution is 5.99. The van der Waals surface area contributed by atoms with Gasteiger partial charge < -0.3 is 5.32 Å². The van der Waals surface area contributed by atoms with Gasteiger partial charge in [0.2, 0.25) is 5.91 Å². The summed E-state index contributed by atoms with van der Waals surface area (Å²) in [4.78, 5) is 11.2. The van der Waals surface area contributed by atoms with Gasteiger partial charge in [-0.25, -0.2) is 0 Å². The van der Waals surface area contributed by atoms with Crippen LogP contribution >= 0.6 is 0 Å². The lowest BCUT2D eigenvalue weighted by Gasteiger charge is -2.03. The quantitative estimate of drug-likeness (QED) is 0.715. The van der Waals surface area contributed by atoms with Crippen LogP contribution in [0.5, 0.6) is 0 Å². The first-order valence-corrected chi connectivity index (χ1v) is 4.28. The number of nitriles is 1. The highest BCUT2D eigenvalue weighted by atomic mass is 16.2. The Balaban J connectivity index is 2.38. The standard InChI is InChI=1S/C11H8N2O/c12-6-9-10(7-13-11(9)14)8-4-2-1-3-5-8/h1-5,7,9H,(H,13,14). The molecule has 3 heteroatoms. The van der Waals surface area contributed by atoms with Crippen LogP contribution in [0, 0.1) is 17.2 Å². The zero-order valence-corrected chi connectivity index (χ0v) is 7.40. The number of nitrogens with one attached hydrogen (secondary N) is 1. The van der Waals surface area contributed by atoms with Gasteiger partial charge in [-0.15, -0.1) is 0 Å². The molecule has 0 fully saturated rings. The number of amides is 1. The van der Waals surface area contributed by atoms with E-state index in [1.165, 1.54) is 0 Å². The second-order valence-corrected chi connectivity index (χ2v) is 3.04. The van der Waals surface area contributed by atoms with Gasteiger partial charge in [0.25, 0.3) is 0 Å². The van der Waals surface area contributed by atoms with E-state index in [0.29, 0.717) is 0 Å². The van der Waals surface area contributed by atoms with Crippen molar-refractivity contribution in [3.63, 3.8) is 0 Å². The molecule has 0 saturated carbocycles. The van der Waals surface area contributed by atoms with E-state index in [2.05, 4.69) is 5.32 Å². The fraction of sp³-hybridized carbons (Fsp3) is 0.0909. The van der Waals surface area contributed by atoms with Crippen LogP contribution in [0.2, 0.25) is 0 Å². The smallest absolute Gasteiger partial charge is 0.245 e. The van der Waals surface area contributed by atoms with E-state index in [0.717, 1.165) is 11.1 Å². The largest absolute Gasteiger partial charge is 0.331 e. The highest BCUT2D eigenvalue weighted by Gasteiger charge is 2.28. The number of hydrogen-bond donors (Lipinski definition) is 1. The lowest BCUT2D eigenvalue weighted by Crippen LogP contribution is -2.18. The fourth-order valence-electron chi connectivity index (χ4n) is 1.47. The molecule has 1 heterocycles. The lowest BCUT2D eigenvalue weighted by atomic mass is 9.96. The van der Waals surface area contributed by atoms with Crippen molar-refractivity contribution in [3.8, 4) is 6.07 Å². The van der Waals surface area contributed by atoms with Crippen LogP contribution < -0.4 is 5.32 Å². The van der Waals surface area contributed by atoms with Crippen molar-refractivity contribution in [2.24, 2.45) is 5.92 Å². The minimum atomic E-state index is -0.669. The van der Waals surface area contributed by atoms with Crippen molar-refractivity contribution in [3.05, 3.63) is 42.1 Å². The first-order chi connectivity index (χ1) is 6.83. The van der Waals surface area contributed by atoms with Crippen molar-refractivity contribution in [2.45, 2.75) is 0 Å². The van der Waals surface area contributed by atoms with Crippen molar-refractivity contribution >= 4 is 11.5 Å². The molecule has 1 atom stereocenters. The van der Waals surface area contributed by atoms with Gasteiger partial charge in [0.1, 0.15) is 0 Å². The van der Waals surface area contributed by atoms with E-state index in [-0.39, 0.29) is 5.91 Å². The molecule has 0 aliphatic carbocycles. The van der Waals surface area contributed by atoms with Gasteiger partial charge in [0.05, 0.1) is 6.07 Å². The number of benzene rings is 1. The molecule has 2 rings (SSSR count). The van der Waals surface area contributed by atoms with Gasteiger partial charge in [0.15, 0.2) is 5.92 Å². The van der Waals surface area contributed by atoms with E-state index in [1.807, 2.05) is 36.4 Å². The van der Waals surface area contributed by atoms with Crippen molar-refractivity contribution < 1.29 is 4.79 Å². The zero-order chi connectivity index (χ0) is 9.97. The predicted molar refractivity (Wildman–Crippen MR) is 51.7 cm³/mol. The Kier molecular flexibility index (Phi) is 2.04. The van der Waals surface area contributed by atoms with Crippen LogP contribution in [0.4, 0.5) is 0 Å². The van der Waals surface area contributed by atoms with E-state index in [1.54, 1.807) is 6.20 Å². The van der Waals surface area contributed by atoms with Crippen LogP contribution in [0.25, 0.3) is 5.57 Å². The first-order valence-electron chi connectivity index (χ1n) is 4.28. The van der Waals surface area contributed by atoms with Crippen molar-refractivity contribution in [1.82, 2.24) is 5.32 Å². The average Bonchev–Trinajstić information content (AvgIpc) is 2.61. The topological polar surface area (TPSA) is 52.9 Å². The summed E-state index contributed by atoms with van der Waals surface area (Å²) in [6.07, 6.45) is 1.60. The van der Waals surface area contributed by atoms with Gasteiger partial charge in [-0.2, -0.15) is 5.26 Å². The number of carbonyl (C=O) groups excluding carboxylic acids is 1. The molecule has 0 aromatic heterocycles. The molecule has 1 amide bonds. The van der Waals surface area contributed by atoms with E-state index >= 15 is 0 Å². The molecule has 0 spiro atoms. The van der Waals surface area contributed by atoms with Gasteiger partial charge in [0, 0.05) is 11.8 Å². The summed E-state index contributed by atoms with van der Waals surface area (Å²) in [6, 6.07) is 11.4. The van der Waals surface area contributed by atoms with Gasteiger partial charge in [-0.3, -0.25) is 4.79 Å². The second-order valence-electron chi connectivity index (χ2n) is 3.04. The van der Waals surface area contributed by atoms with Crippen LogP contribution in [0.15, 0.2) is 36.5 Å². The molecule has 1 aliphatic heterocycles. The minimum Gasteiger partial charge on any atom is -0.331 e. The van der Waals surface area contributed by atoms with Crippen LogP contribution in [0.1, 0.15) is 5.56 Å². The Morgan fingerprint density at radius 1 is 1.29 bits per heavy atom. The van der Waals surface area contributed by atoms with E-state index in [4.69, 9.17) is 5.26 Å². The first kappa shape index (κ1) is 8.52. The summed E-state index contributed by atoms with van der Waals surface area (Å²) in [5.41, 5.74) is 1.66. The number of nitrogens with zero attached hydrogens (tertiary/aromatic N) is 1. The second kappa shape index (κ2) is 3.35. The normalized spacial score (nSPS) is 19.8. The third-order valence-corrected chi connectivity index (χ3v) is 2.18. The molecule has 0 bridgehead atoms. The van der Waals surface area contributed by atoms with Crippen molar-refractivity contribution in [1.29, 1.82) is 5.26 Å². The number of carbonyl (C=O) groups is 1. The molecule has 1 aromatic rings. The van der Waals surface area contributed by atoms with Gasteiger partial charge >= 0.3 is 0 Å². The molecule has 1 aliphatic rings. The summed E-state index contributed by atoms with van der Waals surface area (Å²) in [5.74, 6) is -0.913. The van der Waals surface area contributed by atoms with E-state index < -0.39 is 5.92 Å². The molecule has 1 unspecified atom stereocenters. The zero-order valence-electron chi connectivity index (χ0n) is 7.40. The summed E-state index contributed by atoms with van der Waals surface area (Å²) in [5, 5.41) is 11.4. The molecule has 1 N–H and O–H groups in total. The minimum absolute atomic E-state index is 0.244. The Hall–Kier alpha value is -2.08. The Morgan fingerprint density at radius 3 is 2.64 bits per heavy atom. The van der Waals surface area contributed by atoms with Crippen molar-refractivity contribution in [2.75, 3.05) is 0 Å². The Labute approximate surface area is 81.7 Å². The fourth-order valence-corrected chi connectivity index (χ4v) is 1.47. The summed E-state index contributed by atoms with van der Waals surface area (Å²) < 4.78 is 0. The summed E-state index contributed by atoms with van der Waals surface area (Å²) in [6.45, 7) is 0. The molecular weight excluding hydrogens is 176 g/mol. The van der Waals surface area contributed by atoms with Gasteiger partial charge in [-0.05, 0) is 5.56 Å². The molecule has 0 radical (unpaired) electrons. The average molecular weight is 184 g/mol. The molecular formula is C11H8N2O.